The number of rotatable bonds is 5. The number of carbonyl (C=O) groups excluding carboxylic acids is 1. The summed E-state index contributed by atoms with van der Waals surface area (Å²) in [6, 6.07) is 7.72. The van der Waals surface area contributed by atoms with Crippen LogP contribution < -0.4 is 0 Å². The first-order valence-corrected chi connectivity index (χ1v) is 5.18. The second kappa shape index (κ2) is 5.95. The topological polar surface area (TPSA) is 35.5 Å². The van der Waals surface area contributed by atoms with Gasteiger partial charge in [-0.15, -0.1) is 0 Å². The van der Waals surface area contributed by atoms with Gasteiger partial charge in [-0.1, -0.05) is 30.8 Å². The van der Waals surface area contributed by atoms with Gasteiger partial charge in [-0.25, -0.2) is 4.79 Å². The van der Waals surface area contributed by atoms with Crippen LogP contribution in [0, 0.1) is 6.92 Å². The largest absolute Gasteiger partial charge is 0.482 e. The summed E-state index contributed by atoms with van der Waals surface area (Å²) in [6.45, 7) is 7.78. The van der Waals surface area contributed by atoms with Crippen molar-refractivity contribution in [3.05, 3.63) is 42.0 Å². The van der Waals surface area contributed by atoms with E-state index in [4.69, 9.17) is 9.47 Å². The van der Waals surface area contributed by atoms with Gasteiger partial charge in [-0.05, 0) is 19.4 Å². The standard InChI is InChI=1S/C13H16O3/c1-4-15-13(14)9-16-11(3)12-8-6-5-7-10(12)2/h5-8H,3-4,9H2,1-2H3. The summed E-state index contributed by atoms with van der Waals surface area (Å²) in [4.78, 5) is 11.1. The van der Waals surface area contributed by atoms with Gasteiger partial charge in [0.1, 0.15) is 5.76 Å². The van der Waals surface area contributed by atoms with Crippen molar-refractivity contribution in [3.63, 3.8) is 0 Å². The van der Waals surface area contributed by atoms with Crippen molar-refractivity contribution >= 4 is 11.7 Å². The average molecular weight is 220 g/mol. The molecular weight excluding hydrogens is 204 g/mol. The van der Waals surface area contributed by atoms with E-state index in [9.17, 15) is 4.79 Å². The highest BCUT2D eigenvalue weighted by Crippen LogP contribution is 2.17. The van der Waals surface area contributed by atoms with E-state index in [1.807, 2.05) is 31.2 Å². The maximum absolute atomic E-state index is 11.1. The Kier molecular flexibility index (Phi) is 4.58. The second-order valence-corrected chi connectivity index (χ2v) is 3.33. The number of carbonyl (C=O) groups is 1. The zero-order valence-corrected chi connectivity index (χ0v) is 9.66. The number of benzene rings is 1. The molecule has 3 heteroatoms. The number of hydrogen-bond donors (Lipinski definition) is 0. The molecule has 3 nitrogen and oxygen atoms in total. The summed E-state index contributed by atoms with van der Waals surface area (Å²) in [5, 5.41) is 0. The quantitative estimate of drug-likeness (QED) is 0.565. The van der Waals surface area contributed by atoms with Crippen LogP contribution in [0.25, 0.3) is 5.76 Å². The molecule has 0 fully saturated rings. The van der Waals surface area contributed by atoms with E-state index >= 15 is 0 Å². The van der Waals surface area contributed by atoms with Crippen molar-refractivity contribution < 1.29 is 14.3 Å². The Morgan fingerprint density at radius 2 is 2.00 bits per heavy atom. The van der Waals surface area contributed by atoms with Gasteiger partial charge in [-0.2, -0.15) is 0 Å². The van der Waals surface area contributed by atoms with Gasteiger partial charge < -0.3 is 9.47 Å². The zero-order chi connectivity index (χ0) is 12.0. The molecule has 0 aliphatic carbocycles. The molecule has 0 heterocycles. The molecule has 0 spiro atoms. The molecule has 0 aliphatic rings. The molecule has 0 N–H and O–H groups in total. The van der Waals surface area contributed by atoms with Crippen molar-refractivity contribution in [2.24, 2.45) is 0 Å². The highest BCUT2D eigenvalue weighted by atomic mass is 16.6. The van der Waals surface area contributed by atoms with Gasteiger partial charge >= 0.3 is 5.97 Å². The van der Waals surface area contributed by atoms with Crippen LogP contribution in [0.3, 0.4) is 0 Å². The molecule has 0 amide bonds. The van der Waals surface area contributed by atoms with Crippen molar-refractivity contribution in [1.29, 1.82) is 0 Å². The third-order valence-corrected chi connectivity index (χ3v) is 2.12. The van der Waals surface area contributed by atoms with E-state index in [0.717, 1.165) is 11.1 Å². The lowest BCUT2D eigenvalue weighted by atomic mass is 10.1. The van der Waals surface area contributed by atoms with Crippen molar-refractivity contribution in [3.8, 4) is 0 Å². The normalized spacial score (nSPS) is 9.62. The molecule has 0 radical (unpaired) electrons. The van der Waals surface area contributed by atoms with E-state index in [2.05, 4.69) is 6.58 Å². The first-order valence-electron chi connectivity index (χ1n) is 5.18. The Labute approximate surface area is 95.7 Å². The Bertz CT molecular complexity index is 383. The number of esters is 1. The predicted molar refractivity (Wildman–Crippen MR) is 62.8 cm³/mol. The summed E-state index contributed by atoms with van der Waals surface area (Å²) >= 11 is 0. The molecule has 1 aromatic carbocycles. The lowest BCUT2D eigenvalue weighted by Gasteiger charge is -2.10. The molecule has 0 aromatic heterocycles. The van der Waals surface area contributed by atoms with Crippen molar-refractivity contribution in [1.82, 2.24) is 0 Å². The minimum Gasteiger partial charge on any atom is -0.482 e. The van der Waals surface area contributed by atoms with Crippen molar-refractivity contribution in [2.75, 3.05) is 13.2 Å². The van der Waals surface area contributed by atoms with Crippen LogP contribution >= 0.6 is 0 Å². The zero-order valence-electron chi connectivity index (χ0n) is 9.66. The molecular formula is C13H16O3. The van der Waals surface area contributed by atoms with E-state index in [1.54, 1.807) is 6.92 Å². The number of aryl methyl sites for hydroxylation is 1. The first kappa shape index (κ1) is 12.3. The van der Waals surface area contributed by atoms with Crippen LogP contribution in [0.5, 0.6) is 0 Å². The highest BCUT2D eigenvalue weighted by Gasteiger charge is 2.06. The SMILES string of the molecule is C=C(OCC(=O)OCC)c1ccccc1C. The summed E-state index contributed by atoms with van der Waals surface area (Å²) in [7, 11) is 0. The third kappa shape index (κ3) is 3.42. The number of hydrogen-bond acceptors (Lipinski definition) is 3. The lowest BCUT2D eigenvalue weighted by Crippen LogP contribution is -2.11. The summed E-state index contributed by atoms with van der Waals surface area (Å²) < 4.78 is 10.0. The fourth-order valence-corrected chi connectivity index (χ4v) is 1.31. The Morgan fingerprint density at radius 3 is 2.62 bits per heavy atom. The number of ether oxygens (including phenoxy) is 2. The first-order chi connectivity index (χ1) is 7.65. The van der Waals surface area contributed by atoms with Gasteiger partial charge in [0.15, 0.2) is 6.61 Å². The van der Waals surface area contributed by atoms with Gasteiger partial charge in [0, 0.05) is 5.56 Å². The molecule has 0 saturated heterocycles. The fourth-order valence-electron chi connectivity index (χ4n) is 1.31. The summed E-state index contributed by atoms with van der Waals surface area (Å²) in [5.41, 5.74) is 1.98. The maximum Gasteiger partial charge on any atom is 0.344 e. The Morgan fingerprint density at radius 1 is 1.31 bits per heavy atom. The molecule has 0 aliphatic heterocycles. The molecule has 0 unspecified atom stereocenters. The third-order valence-electron chi connectivity index (χ3n) is 2.12. The van der Waals surface area contributed by atoms with Gasteiger partial charge in [0.25, 0.3) is 0 Å². The van der Waals surface area contributed by atoms with Gasteiger partial charge in [0.05, 0.1) is 6.61 Å². The molecule has 86 valence electrons. The van der Waals surface area contributed by atoms with Gasteiger partial charge in [0.2, 0.25) is 0 Å². The maximum atomic E-state index is 11.1. The van der Waals surface area contributed by atoms with Crippen molar-refractivity contribution in [2.45, 2.75) is 13.8 Å². The molecule has 0 bridgehead atoms. The van der Waals surface area contributed by atoms with Crippen LogP contribution in [-0.2, 0) is 14.3 Å². The lowest BCUT2D eigenvalue weighted by molar-refractivity contribution is -0.146. The summed E-state index contributed by atoms with van der Waals surface area (Å²) in [6.07, 6.45) is 0. The molecule has 1 rings (SSSR count). The Hall–Kier alpha value is -1.77. The molecule has 0 saturated carbocycles. The highest BCUT2D eigenvalue weighted by molar-refractivity contribution is 5.72. The van der Waals surface area contributed by atoms with E-state index < -0.39 is 0 Å². The Balaban J connectivity index is 2.54. The summed E-state index contributed by atoms with van der Waals surface area (Å²) in [5.74, 6) is 0.114. The average Bonchev–Trinajstić information content (AvgIpc) is 2.27. The monoisotopic (exact) mass is 220 g/mol. The molecule has 1 aromatic rings. The van der Waals surface area contributed by atoms with E-state index in [1.165, 1.54) is 0 Å². The minimum absolute atomic E-state index is 0.0962. The van der Waals surface area contributed by atoms with Crippen LogP contribution in [-0.4, -0.2) is 19.2 Å². The van der Waals surface area contributed by atoms with Crippen LogP contribution in [0.15, 0.2) is 30.8 Å². The smallest absolute Gasteiger partial charge is 0.344 e. The fraction of sp³-hybridized carbons (Fsp3) is 0.308. The van der Waals surface area contributed by atoms with E-state index in [-0.39, 0.29) is 12.6 Å². The molecule has 0 atom stereocenters. The second-order valence-electron chi connectivity index (χ2n) is 3.33. The molecule has 16 heavy (non-hydrogen) atoms. The van der Waals surface area contributed by atoms with E-state index in [0.29, 0.717) is 12.4 Å². The predicted octanol–water partition coefficient (Wildman–Crippen LogP) is 2.55. The van der Waals surface area contributed by atoms with Gasteiger partial charge in [-0.3, -0.25) is 0 Å². The van der Waals surface area contributed by atoms with Crippen LogP contribution in [0.4, 0.5) is 0 Å². The minimum atomic E-state index is -0.378. The van der Waals surface area contributed by atoms with Crippen LogP contribution in [0.2, 0.25) is 0 Å². The van der Waals surface area contributed by atoms with Crippen LogP contribution in [0.1, 0.15) is 18.1 Å².